The van der Waals surface area contributed by atoms with Crippen molar-refractivity contribution in [3.8, 4) is 11.5 Å². The maximum atomic E-state index is 13.3. The van der Waals surface area contributed by atoms with E-state index in [1.54, 1.807) is 24.3 Å². The van der Waals surface area contributed by atoms with Crippen molar-refractivity contribution in [1.29, 1.82) is 0 Å². The number of rotatable bonds is 9. The second-order valence-electron chi connectivity index (χ2n) is 7.50. The molecule has 4 aromatic rings. The molecular weight excluding hydrogens is 527 g/mol. The van der Waals surface area contributed by atoms with E-state index in [9.17, 15) is 22.4 Å². The maximum absolute atomic E-state index is 13.3. The molecular formula is C24H18ClFN4O6S. The minimum Gasteiger partial charge on any atom is -0.452 e. The highest BCUT2D eigenvalue weighted by atomic mass is 35.5. The van der Waals surface area contributed by atoms with Crippen LogP contribution < -0.4 is 10.0 Å². The molecule has 190 valence electrons. The normalized spacial score (nSPS) is 11.2. The minimum atomic E-state index is -3.94. The van der Waals surface area contributed by atoms with Crippen molar-refractivity contribution in [2.75, 3.05) is 11.9 Å². The zero-order valence-corrected chi connectivity index (χ0v) is 20.4. The number of hydrogen-bond donors (Lipinski definition) is 2. The van der Waals surface area contributed by atoms with Gasteiger partial charge >= 0.3 is 12.0 Å². The standard InChI is InChI=1S/C24H18ClFN4O6S/c25-19-12-18(10-11-20(19)26)37(33,34)27-13-15-6-8-17(9-7-15)23(32)35-14-21(31)28-24-30-29-22(36-24)16-4-2-1-3-5-16/h1-12,27H,13-14H2,(H,28,30,31). The molecule has 0 aliphatic heterocycles. The van der Waals surface area contributed by atoms with Gasteiger partial charge in [-0.2, -0.15) is 0 Å². The lowest BCUT2D eigenvalue weighted by molar-refractivity contribution is -0.119. The summed E-state index contributed by atoms with van der Waals surface area (Å²) in [4.78, 5) is 24.1. The summed E-state index contributed by atoms with van der Waals surface area (Å²) in [6, 6.07) is 17.8. The number of anilines is 1. The number of sulfonamides is 1. The van der Waals surface area contributed by atoms with Crippen molar-refractivity contribution in [2.24, 2.45) is 0 Å². The Hall–Kier alpha value is -4.13. The molecule has 0 fully saturated rings. The first-order valence-electron chi connectivity index (χ1n) is 10.6. The lowest BCUT2D eigenvalue weighted by Crippen LogP contribution is -2.23. The van der Waals surface area contributed by atoms with E-state index < -0.39 is 34.3 Å². The van der Waals surface area contributed by atoms with E-state index in [0.717, 1.165) is 18.2 Å². The van der Waals surface area contributed by atoms with Crippen LogP contribution in [-0.2, 0) is 26.1 Å². The molecule has 0 atom stereocenters. The molecule has 0 aliphatic rings. The molecule has 1 heterocycles. The molecule has 0 radical (unpaired) electrons. The van der Waals surface area contributed by atoms with Gasteiger partial charge in [0.2, 0.25) is 15.9 Å². The smallest absolute Gasteiger partial charge is 0.338 e. The molecule has 4 rings (SSSR count). The second-order valence-corrected chi connectivity index (χ2v) is 9.67. The molecule has 1 aromatic heterocycles. The van der Waals surface area contributed by atoms with Crippen LogP contribution in [0.3, 0.4) is 0 Å². The van der Waals surface area contributed by atoms with Gasteiger partial charge in [0.1, 0.15) is 5.82 Å². The highest BCUT2D eigenvalue weighted by Crippen LogP contribution is 2.20. The third-order valence-electron chi connectivity index (χ3n) is 4.88. The first-order chi connectivity index (χ1) is 17.7. The summed E-state index contributed by atoms with van der Waals surface area (Å²) in [5, 5.41) is 9.61. The number of carbonyl (C=O) groups excluding carboxylic acids is 2. The van der Waals surface area contributed by atoms with Gasteiger partial charge in [-0.25, -0.2) is 22.3 Å². The van der Waals surface area contributed by atoms with E-state index in [1.165, 1.54) is 24.3 Å². The van der Waals surface area contributed by atoms with Gasteiger partial charge in [0.25, 0.3) is 5.91 Å². The van der Waals surface area contributed by atoms with Gasteiger partial charge in [-0.1, -0.05) is 47.0 Å². The fourth-order valence-corrected chi connectivity index (χ4v) is 4.29. The fraction of sp³-hybridized carbons (Fsp3) is 0.0833. The van der Waals surface area contributed by atoms with Gasteiger partial charge in [0, 0.05) is 12.1 Å². The van der Waals surface area contributed by atoms with Crippen LogP contribution in [0.1, 0.15) is 15.9 Å². The number of halogens is 2. The quantitative estimate of drug-likeness (QED) is 0.303. The van der Waals surface area contributed by atoms with Gasteiger partial charge in [-0.05, 0) is 48.0 Å². The van der Waals surface area contributed by atoms with E-state index in [1.807, 2.05) is 6.07 Å². The van der Waals surface area contributed by atoms with Crippen LogP contribution >= 0.6 is 11.6 Å². The number of benzene rings is 3. The van der Waals surface area contributed by atoms with E-state index in [0.29, 0.717) is 11.1 Å². The maximum Gasteiger partial charge on any atom is 0.338 e. The minimum absolute atomic E-state index is 0.0930. The van der Waals surface area contributed by atoms with Crippen molar-refractivity contribution in [1.82, 2.24) is 14.9 Å². The Labute approximate surface area is 215 Å². The van der Waals surface area contributed by atoms with Crippen molar-refractivity contribution in [2.45, 2.75) is 11.4 Å². The Bertz CT molecular complexity index is 1530. The van der Waals surface area contributed by atoms with Crippen LogP contribution in [0.2, 0.25) is 5.02 Å². The largest absolute Gasteiger partial charge is 0.452 e. The van der Waals surface area contributed by atoms with Crippen LogP contribution in [0.15, 0.2) is 82.1 Å². The summed E-state index contributed by atoms with van der Waals surface area (Å²) < 4.78 is 50.8. The zero-order valence-electron chi connectivity index (χ0n) is 18.9. The van der Waals surface area contributed by atoms with Gasteiger partial charge in [-0.15, -0.1) is 5.10 Å². The lowest BCUT2D eigenvalue weighted by atomic mass is 10.1. The Kier molecular flexibility index (Phi) is 7.92. The van der Waals surface area contributed by atoms with E-state index in [-0.39, 0.29) is 33.9 Å². The molecule has 37 heavy (non-hydrogen) atoms. The Balaban J connectivity index is 1.26. The van der Waals surface area contributed by atoms with Gasteiger partial charge < -0.3 is 9.15 Å². The molecule has 0 aliphatic carbocycles. The van der Waals surface area contributed by atoms with Crippen molar-refractivity contribution >= 4 is 39.5 Å². The summed E-state index contributed by atoms with van der Waals surface area (Å²) in [5.74, 6) is -1.95. The number of nitrogens with zero attached hydrogens (tertiary/aromatic N) is 2. The number of aromatic nitrogens is 2. The number of esters is 1. The van der Waals surface area contributed by atoms with Crippen molar-refractivity contribution in [3.05, 3.63) is 94.8 Å². The summed E-state index contributed by atoms with van der Waals surface area (Å²) >= 11 is 5.65. The predicted octanol–water partition coefficient (Wildman–Crippen LogP) is 3.80. The average Bonchev–Trinajstić information content (AvgIpc) is 3.37. The zero-order chi connectivity index (χ0) is 26.4. The number of carbonyl (C=O) groups is 2. The molecule has 13 heteroatoms. The molecule has 3 aromatic carbocycles. The highest BCUT2D eigenvalue weighted by Gasteiger charge is 2.17. The van der Waals surface area contributed by atoms with Crippen LogP contribution in [0, 0.1) is 5.82 Å². The molecule has 0 bridgehead atoms. The Morgan fingerprint density at radius 3 is 2.43 bits per heavy atom. The topological polar surface area (TPSA) is 140 Å². The summed E-state index contributed by atoms with van der Waals surface area (Å²) in [6.45, 7) is -0.687. The predicted molar refractivity (Wildman–Crippen MR) is 131 cm³/mol. The molecule has 10 nitrogen and oxygen atoms in total. The molecule has 0 spiro atoms. The summed E-state index contributed by atoms with van der Waals surface area (Å²) in [7, 11) is -3.94. The first-order valence-corrected chi connectivity index (χ1v) is 12.5. The van der Waals surface area contributed by atoms with Crippen LogP contribution in [-0.4, -0.2) is 37.1 Å². The van der Waals surface area contributed by atoms with E-state index >= 15 is 0 Å². The number of amides is 1. The number of hydrogen-bond acceptors (Lipinski definition) is 8. The number of ether oxygens (including phenoxy) is 1. The first kappa shape index (κ1) is 25.9. The Morgan fingerprint density at radius 1 is 1.00 bits per heavy atom. The average molecular weight is 545 g/mol. The van der Waals surface area contributed by atoms with Crippen molar-refractivity contribution < 1.29 is 31.6 Å². The second kappa shape index (κ2) is 11.3. The third-order valence-corrected chi connectivity index (χ3v) is 6.57. The summed E-state index contributed by atoms with van der Waals surface area (Å²) in [5.41, 5.74) is 1.36. The fourth-order valence-electron chi connectivity index (χ4n) is 3.01. The molecule has 2 N–H and O–H groups in total. The van der Waals surface area contributed by atoms with Crippen LogP contribution in [0.25, 0.3) is 11.5 Å². The SMILES string of the molecule is O=C(COC(=O)c1ccc(CNS(=O)(=O)c2ccc(F)c(Cl)c2)cc1)Nc1nnc(-c2ccccc2)o1. The monoisotopic (exact) mass is 544 g/mol. The molecule has 0 unspecified atom stereocenters. The van der Waals surface area contributed by atoms with Gasteiger partial charge in [-0.3, -0.25) is 10.1 Å². The van der Waals surface area contributed by atoms with Gasteiger partial charge in [0.15, 0.2) is 6.61 Å². The highest BCUT2D eigenvalue weighted by molar-refractivity contribution is 7.89. The van der Waals surface area contributed by atoms with Gasteiger partial charge in [0.05, 0.1) is 15.5 Å². The van der Waals surface area contributed by atoms with Crippen LogP contribution in [0.4, 0.5) is 10.4 Å². The molecule has 0 saturated carbocycles. The third kappa shape index (κ3) is 6.76. The van der Waals surface area contributed by atoms with Crippen LogP contribution in [0.5, 0.6) is 0 Å². The van der Waals surface area contributed by atoms with Crippen molar-refractivity contribution in [3.63, 3.8) is 0 Å². The lowest BCUT2D eigenvalue weighted by Gasteiger charge is -2.08. The Morgan fingerprint density at radius 2 is 1.73 bits per heavy atom. The summed E-state index contributed by atoms with van der Waals surface area (Å²) in [6.07, 6.45) is 0. The molecule has 0 saturated heterocycles. The van der Waals surface area contributed by atoms with E-state index in [2.05, 4.69) is 20.2 Å². The molecule has 1 amide bonds. The van der Waals surface area contributed by atoms with E-state index in [4.69, 9.17) is 20.8 Å². The number of nitrogens with one attached hydrogen (secondary N) is 2.